The molecule has 0 saturated heterocycles. The van der Waals surface area contributed by atoms with Crippen LogP contribution in [0, 0.1) is 0 Å². The summed E-state index contributed by atoms with van der Waals surface area (Å²) in [7, 11) is -3.50. The van der Waals surface area contributed by atoms with Gasteiger partial charge in [0.2, 0.25) is 0 Å². The van der Waals surface area contributed by atoms with E-state index in [1.54, 1.807) is 38.1 Å². The Labute approximate surface area is 100 Å². The lowest BCUT2D eigenvalue weighted by Crippen LogP contribution is -2.02. The molecule has 0 spiro atoms. The lowest BCUT2D eigenvalue weighted by molar-refractivity contribution is 0.167. The SMILES string of the molecule is CCOP(=O)(OCC)Oc1ccc(Cl)cc1. The molecule has 0 heterocycles. The molecule has 0 N–H and O–H groups in total. The topological polar surface area (TPSA) is 44.8 Å². The Bertz CT molecular complexity index is 356. The number of phosphoric ester groups is 1. The Kier molecular flexibility index (Phi) is 5.29. The highest BCUT2D eigenvalue weighted by atomic mass is 35.5. The maximum atomic E-state index is 12.0. The molecule has 0 radical (unpaired) electrons. The Morgan fingerprint density at radius 3 is 2.06 bits per heavy atom. The van der Waals surface area contributed by atoms with Crippen LogP contribution in [-0.2, 0) is 13.6 Å². The van der Waals surface area contributed by atoms with Crippen LogP contribution in [0.2, 0.25) is 5.02 Å². The predicted molar refractivity (Wildman–Crippen MR) is 62.9 cm³/mol. The monoisotopic (exact) mass is 264 g/mol. The Balaban J connectivity index is 2.75. The third-order valence-corrected chi connectivity index (χ3v) is 3.44. The molecule has 0 atom stereocenters. The number of halogens is 1. The van der Waals surface area contributed by atoms with Gasteiger partial charge in [-0.05, 0) is 38.1 Å². The molecule has 0 aliphatic rings. The largest absolute Gasteiger partial charge is 0.530 e. The Hall–Kier alpha value is -0.540. The molecule has 0 bridgehead atoms. The second-order valence-electron chi connectivity index (χ2n) is 2.83. The van der Waals surface area contributed by atoms with E-state index in [4.69, 9.17) is 25.2 Å². The third-order valence-electron chi connectivity index (χ3n) is 1.61. The van der Waals surface area contributed by atoms with Gasteiger partial charge in [-0.25, -0.2) is 4.57 Å². The molecule has 16 heavy (non-hydrogen) atoms. The standard InChI is InChI=1S/C10H14ClO4P/c1-3-13-16(12,14-4-2)15-10-7-5-9(11)6-8-10/h5-8H,3-4H2,1-2H3. The summed E-state index contributed by atoms with van der Waals surface area (Å²) in [5.41, 5.74) is 0. The predicted octanol–water partition coefficient (Wildman–Crippen LogP) is 3.90. The van der Waals surface area contributed by atoms with Gasteiger partial charge < -0.3 is 4.52 Å². The number of phosphoric acid groups is 1. The van der Waals surface area contributed by atoms with Gasteiger partial charge in [0, 0.05) is 5.02 Å². The number of benzene rings is 1. The fourth-order valence-corrected chi connectivity index (χ4v) is 2.35. The van der Waals surface area contributed by atoms with Gasteiger partial charge in [0.25, 0.3) is 0 Å². The summed E-state index contributed by atoms with van der Waals surface area (Å²) in [6.45, 7) is 3.95. The smallest absolute Gasteiger partial charge is 0.404 e. The summed E-state index contributed by atoms with van der Waals surface area (Å²) >= 11 is 5.72. The van der Waals surface area contributed by atoms with Crippen LogP contribution >= 0.6 is 19.4 Å². The van der Waals surface area contributed by atoms with E-state index < -0.39 is 7.82 Å². The first kappa shape index (κ1) is 13.5. The second kappa shape index (κ2) is 6.26. The lowest BCUT2D eigenvalue weighted by atomic mass is 10.3. The number of hydrogen-bond donors (Lipinski definition) is 0. The molecule has 90 valence electrons. The van der Waals surface area contributed by atoms with Gasteiger partial charge in [-0.3, -0.25) is 9.05 Å². The van der Waals surface area contributed by atoms with Crippen LogP contribution in [0.25, 0.3) is 0 Å². The molecule has 0 saturated carbocycles. The van der Waals surface area contributed by atoms with Crippen molar-refractivity contribution in [3.05, 3.63) is 29.3 Å². The molecule has 1 aromatic rings. The molecule has 0 aromatic heterocycles. The molecule has 6 heteroatoms. The fourth-order valence-electron chi connectivity index (χ4n) is 1.03. The Morgan fingerprint density at radius 2 is 1.62 bits per heavy atom. The van der Waals surface area contributed by atoms with E-state index in [9.17, 15) is 4.57 Å². The van der Waals surface area contributed by atoms with E-state index in [2.05, 4.69) is 0 Å². The van der Waals surface area contributed by atoms with Crippen molar-refractivity contribution in [3.63, 3.8) is 0 Å². The van der Waals surface area contributed by atoms with Crippen molar-refractivity contribution in [1.29, 1.82) is 0 Å². The minimum absolute atomic E-state index is 0.255. The van der Waals surface area contributed by atoms with Gasteiger partial charge in [-0.15, -0.1) is 0 Å². The highest BCUT2D eigenvalue weighted by molar-refractivity contribution is 7.48. The quantitative estimate of drug-likeness (QED) is 0.731. The van der Waals surface area contributed by atoms with E-state index in [1.165, 1.54) is 0 Å². The third kappa shape index (κ3) is 4.14. The average Bonchev–Trinajstić information content (AvgIpc) is 2.22. The van der Waals surface area contributed by atoms with Crippen molar-refractivity contribution in [2.45, 2.75) is 13.8 Å². The maximum absolute atomic E-state index is 12.0. The van der Waals surface area contributed by atoms with Gasteiger partial charge >= 0.3 is 7.82 Å². The van der Waals surface area contributed by atoms with Crippen LogP contribution < -0.4 is 4.52 Å². The summed E-state index contributed by atoms with van der Waals surface area (Å²) in [5, 5.41) is 0.579. The van der Waals surface area contributed by atoms with Crippen LogP contribution in [0.4, 0.5) is 0 Å². The molecule has 1 aromatic carbocycles. The normalized spacial score (nSPS) is 11.4. The number of rotatable bonds is 6. The second-order valence-corrected chi connectivity index (χ2v) is 4.86. The molecule has 1 rings (SSSR count). The molecule has 0 amide bonds. The van der Waals surface area contributed by atoms with Gasteiger partial charge in [-0.2, -0.15) is 0 Å². The summed E-state index contributed by atoms with van der Waals surface area (Å²) in [6, 6.07) is 6.48. The minimum Gasteiger partial charge on any atom is -0.404 e. The molecule has 0 unspecified atom stereocenters. The summed E-state index contributed by atoms with van der Waals surface area (Å²) < 4.78 is 27.1. The van der Waals surface area contributed by atoms with E-state index in [0.29, 0.717) is 10.8 Å². The van der Waals surface area contributed by atoms with Gasteiger partial charge in [0.15, 0.2) is 0 Å². The molecule has 4 nitrogen and oxygen atoms in total. The van der Waals surface area contributed by atoms with Crippen molar-refractivity contribution in [2.75, 3.05) is 13.2 Å². The van der Waals surface area contributed by atoms with E-state index in [0.717, 1.165) is 0 Å². The molecular weight excluding hydrogens is 251 g/mol. The van der Waals surface area contributed by atoms with Gasteiger partial charge in [0.05, 0.1) is 13.2 Å². The number of hydrogen-bond acceptors (Lipinski definition) is 4. The maximum Gasteiger partial charge on any atom is 0.530 e. The zero-order valence-corrected chi connectivity index (χ0v) is 10.8. The van der Waals surface area contributed by atoms with Crippen LogP contribution in [0.5, 0.6) is 5.75 Å². The zero-order chi connectivity index (χ0) is 12.0. The molecule has 0 fully saturated rings. The Morgan fingerprint density at radius 1 is 1.12 bits per heavy atom. The van der Waals surface area contributed by atoms with Crippen molar-refractivity contribution in [3.8, 4) is 5.75 Å². The molecule has 0 aliphatic heterocycles. The van der Waals surface area contributed by atoms with Crippen LogP contribution in [0.3, 0.4) is 0 Å². The van der Waals surface area contributed by atoms with Crippen molar-refractivity contribution in [2.24, 2.45) is 0 Å². The summed E-state index contributed by atoms with van der Waals surface area (Å²) in [6.07, 6.45) is 0. The van der Waals surface area contributed by atoms with E-state index in [1.807, 2.05) is 0 Å². The van der Waals surface area contributed by atoms with Crippen molar-refractivity contribution < 1.29 is 18.1 Å². The highest BCUT2D eigenvalue weighted by Gasteiger charge is 2.27. The highest BCUT2D eigenvalue weighted by Crippen LogP contribution is 2.49. The summed E-state index contributed by atoms with van der Waals surface area (Å²) in [4.78, 5) is 0. The average molecular weight is 265 g/mol. The van der Waals surface area contributed by atoms with Crippen LogP contribution in [-0.4, -0.2) is 13.2 Å². The fraction of sp³-hybridized carbons (Fsp3) is 0.400. The van der Waals surface area contributed by atoms with Crippen LogP contribution in [0.15, 0.2) is 24.3 Å². The first-order valence-corrected chi connectivity index (χ1v) is 6.77. The van der Waals surface area contributed by atoms with Gasteiger partial charge in [0.1, 0.15) is 5.75 Å². The lowest BCUT2D eigenvalue weighted by Gasteiger charge is -2.16. The summed E-state index contributed by atoms with van der Waals surface area (Å²) in [5.74, 6) is 0.398. The first-order valence-electron chi connectivity index (χ1n) is 4.94. The first-order chi connectivity index (χ1) is 7.59. The zero-order valence-electron chi connectivity index (χ0n) is 9.18. The molecule has 0 aliphatic carbocycles. The minimum atomic E-state index is -3.50. The van der Waals surface area contributed by atoms with Crippen molar-refractivity contribution >= 4 is 19.4 Å². The van der Waals surface area contributed by atoms with E-state index >= 15 is 0 Å². The van der Waals surface area contributed by atoms with E-state index in [-0.39, 0.29) is 13.2 Å². The molecular formula is C10H14ClO4P. The van der Waals surface area contributed by atoms with Crippen molar-refractivity contribution in [1.82, 2.24) is 0 Å². The van der Waals surface area contributed by atoms with Crippen LogP contribution in [0.1, 0.15) is 13.8 Å². The van der Waals surface area contributed by atoms with Gasteiger partial charge in [-0.1, -0.05) is 11.6 Å².